The van der Waals surface area contributed by atoms with Gasteiger partial charge in [0, 0.05) is 12.2 Å². The van der Waals surface area contributed by atoms with Crippen LogP contribution in [0, 0.1) is 0 Å². The standard InChI is InChI=1S/C11H16N2O4/c1-2-12-11(15)17-8-16-7-13-9-3-5-10(14)6-4-9/h3-6,13-14H,2,7-8H2,1H3,(H,12,15). The Morgan fingerprint density at radius 1 is 1.35 bits per heavy atom. The van der Waals surface area contributed by atoms with E-state index in [2.05, 4.69) is 15.4 Å². The number of benzene rings is 1. The SMILES string of the molecule is CCNC(=O)OCOCNc1ccc(O)cc1. The molecular formula is C11H16N2O4. The third-order valence-corrected chi connectivity index (χ3v) is 1.84. The van der Waals surface area contributed by atoms with Crippen molar-refractivity contribution in [3.8, 4) is 5.75 Å². The first-order chi connectivity index (χ1) is 8.22. The van der Waals surface area contributed by atoms with Crippen molar-refractivity contribution in [1.82, 2.24) is 5.32 Å². The summed E-state index contributed by atoms with van der Waals surface area (Å²) < 4.78 is 9.72. The Bertz CT molecular complexity index is 340. The summed E-state index contributed by atoms with van der Waals surface area (Å²) >= 11 is 0. The van der Waals surface area contributed by atoms with Gasteiger partial charge in [0.2, 0.25) is 0 Å². The Morgan fingerprint density at radius 3 is 2.71 bits per heavy atom. The minimum absolute atomic E-state index is 0.114. The number of anilines is 1. The van der Waals surface area contributed by atoms with Gasteiger partial charge in [-0.05, 0) is 31.2 Å². The van der Waals surface area contributed by atoms with E-state index in [-0.39, 0.29) is 19.3 Å². The second-order valence-electron chi connectivity index (χ2n) is 3.15. The number of phenolic OH excluding ortho intramolecular Hbond substituents is 1. The van der Waals surface area contributed by atoms with Gasteiger partial charge in [0.15, 0.2) is 6.79 Å². The first-order valence-corrected chi connectivity index (χ1v) is 5.23. The molecule has 0 aliphatic carbocycles. The number of ether oxygens (including phenoxy) is 2. The Hall–Kier alpha value is -1.95. The monoisotopic (exact) mass is 240 g/mol. The molecule has 94 valence electrons. The maximum absolute atomic E-state index is 10.9. The summed E-state index contributed by atoms with van der Waals surface area (Å²) in [4.78, 5) is 10.9. The van der Waals surface area contributed by atoms with Crippen LogP contribution in [0.25, 0.3) is 0 Å². The molecule has 17 heavy (non-hydrogen) atoms. The Morgan fingerprint density at radius 2 is 2.06 bits per heavy atom. The van der Waals surface area contributed by atoms with E-state index in [9.17, 15) is 4.79 Å². The highest BCUT2D eigenvalue weighted by atomic mass is 16.7. The number of carbonyl (C=O) groups is 1. The molecule has 3 N–H and O–H groups in total. The Kier molecular flexibility index (Phi) is 5.67. The zero-order valence-corrected chi connectivity index (χ0v) is 9.60. The van der Waals surface area contributed by atoms with Crippen molar-refractivity contribution < 1.29 is 19.4 Å². The van der Waals surface area contributed by atoms with Crippen LogP contribution in [0.2, 0.25) is 0 Å². The molecule has 0 radical (unpaired) electrons. The first kappa shape index (κ1) is 13.1. The normalized spacial score (nSPS) is 9.71. The number of hydrogen-bond donors (Lipinski definition) is 3. The molecule has 0 atom stereocenters. The number of nitrogens with one attached hydrogen (secondary N) is 2. The van der Waals surface area contributed by atoms with Crippen molar-refractivity contribution in [3.63, 3.8) is 0 Å². The fraction of sp³-hybridized carbons (Fsp3) is 0.364. The second kappa shape index (κ2) is 7.34. The summed E-state index contributed by atoms with van der Waals surface area (Å²) in [7, 11) is 0. The number of amides is 1. The van der Waals surface area contributed by atoms with Crippen LogP contribution in [0.3, 0.4) is 0 Å². The molecule has 0 aliphatic heterocycles. The summed E-state index contributed by atoms with van der Waals surface area (Å²) in [6, 6.07) is 6.55. The van der Waals surface area contributed by atoms with Gasteiger partial charge < -0.3 is 25.2 Å². The molecule has 0 spiro atoms. The molecule has 0 saturated heterocycles. The highest BCUT2D eigenvalue weighted by Gasteiger charge is 1.98. The molecule has 6 heteroatoms. The van der Waals surface area contributed by atoms with E-state index in [1.54, 1.807) is 31.2 Å². The third kappa shape index (κ3) is 5.62. The quantitative estimate of drug-likeness (QED) is 0.399. The van der Waals surface area contributed by atoms with E-state index >= 15 is 0 Å². The summed E-state index contributed by atoms with van der Waals surface area (Å²) in [5.41, 5.74) is 0.806. The number of phenols is 1. The van der Waals surface area contributed by atoms with Gasteiger partial charge in [-0.1, -0.05) is 0 Å². The first-order valence-electron chi connectivity index (χ1n) is 5.23. The molecule has 0 unspecified atom stereocenters. The Labute approximate surface area is 99.5 Å². The summed E-state index contributed by atoms with van der Waals surface area (Å²) in [6.45, 7) is 2.42. The van der Waals surface area contributed by atoms with Gasteiger partial charge >= 0.3 is 6.09 Å². The largest absolute Gasteiger partial charge is 0.508 e. The van der Waals surface area contributed by atoms with E-state index < -0.39 is 6.09 Å². The van der Waals surface area contributed by atoms with Gasteiger partial charge in [-0.3, -0.25) is 0 Å². The fourth-order valence-electron chi connectivity index (χ4n) is 1.05. The van der Waals surface area contributed by atoms with Crippen molar-refractivity contribution in [2.24, 2.45) is 0 Å². The van der Waals surface area contributed by atoms with E-state index in [1.165, 1.54) is 0 Å². The van der Waals surface area contributed by atoms with Gasteiger partial charge in [0.25, 0.3) is 0 Å². The van der Waals surface area contributed by atoms with Crippen LogP contribution in [0.5, 0.6) is 5.75 Å². The van der Waals surface area contributed by atoms with Crippen molar-refractivity contribution >= 4 is 11.8 Å². The van der Waals surface area contributed by atoms with Crippen molar-refractivity contribution in [2.45, 2.75) is 6.92 Å². The van der Waals surface area contributed by atoms with Crippen LogP contribution in [-0.4, -0.2) is 31.3 Å². The van der Waals surface area contributed by atoms with Crippen LogP contribution in [0.1, 0.15) is 6.92 Å². The van der Waals surface area contributed by atoms with Gasteiger partial charge in [-0.2, -0.15) is 0 Å². The molecular weight excluding hydrogens is 224 g/mol. The zero-order chi connectivity index (χ0) is 12.5. The molecule has 1 amide bonds. The molecule has 0 aliphatic rings. The zero-order valence-electron chi connectivity index (χ0n) is 9.60. The predicted octanol–water partition coefficient (Wildman–Crippen LogP) is 1.48. The molecule has 0 bridgehead atoms. The lowest BCUT2D eigenvalue weighted by molar-refractivity contribution is -0.00733. The van der Waals surface area contributed by atoms with E-state index in [0.717, 1.165) is 5.69 Å². The molecule has 0 saturated carbocycles. The number of alkyl carbamates (subject to hydrolysis) is 1. The van der Waals surface area contributed by atoms with Crippen molar-refractivity contribution in [3.05, 3.63) is 24.3 Å². The molecule has 6 nitrogen and oxygen atoms in total. The Balaban J connectivity index is 2.08. The maximum atomic E-state index is 10.9. The van der Waals surface area contributed by atoms with Gasteiger partial charge in [-0.15, -0.1) is 0 Å². The molecule has 1 aromatic rings. The average molecular weight is 240 g/mol. The highest BCUT2D eigenvalue weighted by molar-refractivity contribution is 5.66. The number of hydrogen-bond acceptors (Lipinski definition) is 5. The molecule has 1 aromatic carbocycles. The van der Waals surface area contributed by atoms with Gasteiger partial charge in [-0.25, -0.2) is 4.79 Å². The van der Waals surface area contributed by atoms with Crippen molar-refractivity contribution in [2.75, 3.05) is 25.4 Å². The van der Waals surface area contributed by atoms with E-state index in [4.69, 9.17) is 9.84 Å². The summed E-state index contributed by atoms with van der Waals surface area (Å²) in [5, 5.41) is 14.5. The average Bonchev–Trinajstić information content (AvgIpc) is 2.31. The molecule has 1 rings (SSSR count). The molecule has 0 fully saturated rings. The highest BCUT2D eigenvalue weighted by Crippen LogP contribution is 2.13. The van der Waals surface area contributed by atoms with Crippen LogP contribution in [-0.2, 0) is 9.47 Å². The number of carbonyl (C=O) groups excluding carboxylic acids is 1. The van der Waals surface area contributed by atoms with Crippen molar-refractivity contribution in [1.29, 1.82) is 0 Å². The third-order valence-electron chi connectivity index (χ3n) is 1.84. The van der Waals surface area contributed by atoms with E-state index in [0.29, 0.717) is 6.54 Å². The van der Waals surface area contributed by atoms with Crippen LogP contribution in [0.4, 0.5) is 10.5 Å². The summed E-state index contributed by atoms with van der Waals surface area (Å²) in [5.74, 6) is 0.205. The number of aromatic hydroxyl groups is 1. The maximum Gasteiger partial charge on any atom is 0.409 e. The molecule has 0 aromatic heterocycles. The topological polar surface area (TPSA) is 79.8 Å². The lowest BCUT2D eigenvalue weighted by Crippen LogP contribution is -2.25. The fourth-order valence-corrected chi connectivity index (χ4v) is 1.05. The molecule has 0 heterocycles. The lowest BCUT2D eigenvalue weighted by Gasteiger charge is -2.08. The van der Waals surface area contributed by atoms with Gasteiger partial charge in [0.05, 0.1) is 0 Å². The smallest absolute Gasteiger partial charge is 0.409 e. The minimum atomic E-state index is -0.503. The predicted molar refractivity (Wildman–Crippen MR) is 62.7 cm³/mol. The summed E-state index contributed by atoms with van der Waals surface area (Å²) in [6.07, 6.45) is -0.503. The second-order valence-corrected chi connectivity index (χ2v) is 3.15. The number of rotatable bonds is 6. The lowest BCUT2D eigenvalue weighted by atomic mass is 10.3. The van der Waals surface area contributed by atoms with Crippen LogP contribution in [0.15, 0.2) is 24.3 Å². The minimum Gasteiger partial charge on any atom is -0.508 e. The van der Waals surface area contributed by atoms with E-state index in [1.807, 2.05) is 0 Å². The van der Waals surface area contributed by atoms with Crippen LogP contribution >= 0.6 is 0 Å². The van der Waals surface area contributed by atoms with Crippen LogP contribution < -0.4 is 10.6 Å². The van der Waals surface area contributed by atoms with Gasteiger partial charge in [0.1, 0.15) is 12.5 Å².